The van der Waals surface area contributed by atoms with Crippen LogP contribution in [0.5, 0.6) is 0 Å². The van der Waals surface area contributed by atoms with Crippen molar-refractivity contribution in [2.75, 3.05) is 0 Å². The fraction of sp³-hybridized carbons (Fsp3) is 0.133. The number of hydrogen-bond acceptors (Lipinski definition) is 2. The van der Waals surface area contributed by atoms with Crippen LogP contribution in [0.1, 0.15) is 13.8 Å². The fourth-order valence-electron chi connectivity index (χ4n) is 1.65. The molecule has 0 saturated carbocycles. The van der Waals surface area contributed by atoms with Crippen molar-refractivity contribution in [2.45, 2.75) is 18.7 Å². The molecular weight excluding hydrogens is 320 g/mol. The van der Waals surface area contributed by atoms with E-state index in [1.54, 1.807) is 11.9 Å². The van der Waals surface area contributed by atoms with Crippen molar-refractivity contribution in [3.8, 4) is 0 Å². The molecule has 0 spiro atoms. The van der Waals surface area contributed by atoms with E-state index in [2.05, 4.69) is 43.1 Å². The molecule has 0 aliphatic rings. The molecule has 98 valence electrons. The Balaban J connectivity index is 0.000000637. The molecule has 19 heavy (non-hydrogen) atoms. The highest BCUT2D eigenvalue weighted by Gasteiger charge is 2.05. The van der Waals surface area contributed by atoms with Gasteiger partial charge in [0.15, 0.2) is 5.65 Å². The molecule has 0 fully saturated rings. The van der Waals surface area contributed by atoms with Crippen LogP contribution in [0.15, 0.2) is 64.2 Å². The smallest absolute Gasteiger partial charge is 0.151 e. The fourth-order valence-corrected chi connectivity index (χ4v) is 2.94. The molecule has 2 nitrogen and oxygen atoms in total. The predicted molar refractivity (Wildman–Crippen MR) is 86.5 cm³/mol. The van der Waals surface area contributed by atoms with Crippen LogP contribution in [0.25, 0.3) is 11.0 Å². The average Bonchev–Trinajstić information content (AvgIpc) is 2.87. The number of hydrogen-bond donors (Lipinski definition) is 0. The molecule has 0 bridgehead atoms. The summed E-state index contributed by atoms with van der Waals surface area (Å²) in [5, 5.41) is 1.14. The lowest BCUT2D eigenvalue weighted by molar-refractivity contribution is 1.24. The molecule has 0 amide bonds. The Hall–Kier alpha value is -1.26. The van der Waals surface area contributed by atoms with Gasteiger partial charge in [-0.2, -0.15) is 0 Å². The van der Waals surface area contributed by atoms with Gasteiger partial charge in [-0.15, -0.1) is 0 Å². The second-order valence-corrected chi connectivity index (χ2v) is 5.48. The van der Waals surface area contributed by atoms with E-state index < -0.39 is 0 Å². The Bertz CT molecular complexity index is 650. The summed E-state index contributed by atoms with van der Waals surface area (Å²) in [5.41, 5.74) is 0.980. The zero-order chi connectivity index (χ0) is 13.7. The molecule has 0 aliphatic carbocycles. The average molecular weight is 335 g/mol. The van der Waals surface area contributed by atoms with Crippen molar-refractivity contribution in [3.63, 3.8) is 0 Å². The normalized spacial score (nSPS) is 10.1. The van der Waals surface area contributed by atoms with E-state index in [4.69, 9.17) is 0 Å². The molecule has 3 aromatic rings. The second-order valence-electron chi connectivity index (χ2n) is 3.58. The number of nitrogens with zero attached hydrogens (tertiary/aromatic N) is 2. The third-order valence-corrected chi connectivity index (χ3v) is 4.11. The second kappa shape index (κ2) is 6.78. The number of benzene rings is 1. The zero-order valence-electron chi connectivity index (χ0n) is 10.9. The lowest BCUT2D eigenvalue weighted by Gasteiger charge is -2.03. The van der Waals surface area contributed by atoms with Gasteiger partial charge in [0.1, 0.15) is 0 Å². The summed E-state index contributed by atoms with van der Waals surface area (Å²) in [6.07, 6.45) is 3.86. The Labute approximate surface area is 126 Å². The first kappa shape index (κ1) is 14.2. The van der Waals surface area contributed by atoms with E-state index in [-0.39, 0.29) is 0 Å². The molecule has 0 unspecified atom stereocenters. The number of pyridine rings is 1. The maximum absolute atomic E-state index is 4.41. The Morgan fingerprint density at radius 3 is 2.53 bits per heavy atom. The first-order valence-corrected chi connectivity index (χ1v) is 7.76. The van der Waals surface area contributed by atoms with E-state index in [0.29, 0.717) is 0 Å². The van der Waals surface area contributed by atoms with Gasteiger partial charge in [-0.3, -0.25) is 3.97 Å². The number of fused-ring (bicyclic) bond motifs is 1. The third kappa shape index (κ3) is 3.19. The number of aromatic nitrogens is 2. The Morgan fingerprint density at radius 1 is 1.05 bits per heavy atom. The highest BCUT2D eigenvalue weighted by Crippen LogP contribution is 2.28. The Morgan fingerprint density at radius 2 is 1.79 bits per heavy atom. The molecular formula is C15H15BrN2S. The maximum atomic E-state index is 4.41. The summed E-state index contributed by atoms with van der Waals surface area (Å²) in [7, 11) is 0. The quantitative estimate of drug-likeness (QED) is 0.626. The zero-order valence-corrected chi connectivity index (χ0v) is 13.3. The minimum Gasteiger partial charge on any atom is -0.271 e. The molecule has 4 heteroatoms. The van der Waals surface area contributed by atoms with E-state index >= 15 is 0 Å². The first-order valence-electron chi connectivity index (χ1n) is 6.19. The molecule has 2 heterocycles. The lowest BCUT2D eigenvalue weighted by atomic mass is 10.3. The molecule has 0 aliphatic heterocycles. The number of halogens is 1. The summed E-state index contributed by atoms with van der Waals surface area (Å²) >= 11 is 5.20. The van der Waals surface area contributed by atoms with E-state index in [1.807, 2.05) is 50.5 Å². The van der Waals surface area contributed by atoms with Gasteiger partial charge in [0.25, 0.3) is 0 Å². The van der Waals surface area contributed by atoms with Gasteiger partial charge in [-0.25, -0.2) is 4.98 Å². The highest BCUT2D eigenvalue weighted by atomic mass is 79.9. The maximum Gasteiger partial charge on any atom is 0.151 e. The Kier molecular flexibility index (Phi) is 5.05. The molecule has 1 aromatic carbocycles. The van der Waals surface area contributed by atoms with E-state index in [1.165, 1.54) is 4.90 Å². The molecule has 2 aromatic heterocycles. The van der Waals surface area contributed by atoms with Crippen molar-refractivity contribution in [1.29, 1.82) is 0 Å². The van der Waals surface area contributed by atoms with E-state index in [0.717, 1.165) is 15.5 Å². The van der Waals surface area contributed by atoms with Crippen LogP contribution in [-0.4, -0.2) is 8.96 Å². The van der Waals surface area contributed by atoms with Crippen molar-refractivity contribution >= 4 is 38.9 Å². The first-order chi connectivity index (χ1) is 9.34. The van der Waals surface area contributed by atoms with Crippen molar-refractivity contribution < 1.29 is 0 Å². The molecule has 0 radical (unpaired) electrons. The minimum absolute atomic E-state index is 0.980. The summed E-state index contributed by atoms with van der Waals surface area (Å²) < 4.78 is 3.16. The van der Waals surface area contributed by atoms with Crippen molar-refractivity contribution in [1.82, 2.24) is 8.96 Å². The van der Waals surface area contributed by atoms with Gasteiger partial charge < -0.3 is 0 Å². The predicted octanol–water partition coefficient (Wildman–Crippen LogP) is 5.38. The van der Waals surface area contributed by atoms with Gasteiger partial charge in [-0.05, 0) is 52.1 Å². The van der Waals surface area contributed by atoms with Crippen molar-refractivity contribution in [3.05, 3.63) is 59.3 Å². The van der Waals surface area contributed by atoms with Gasteiger partial charge >= 0.3 is 0 Å². The van der Waals surface area contributed by atoms with Gasteiger partial charge in [0, 0.05) is 27.1 Å². The van der Waals surface area contributed by atoms with Crippen molar-refractivity contribution in [2.24, 2.45) is 0 Å². The molecule has 0 saturated heterocycles. The van der Waals surface area contributed by atoms with Gasteiger partial charge in [-0.1, -0.05) is 32.0 Å². The largest absolute Gasteiger partial charge is 0.271 e. The van der Waals surface area contributed by atoms with E-state index in [9.17, 15) is 0 Å². The standard InChI is InChI=1S/C13H9BrN2S.C2H6/c14-12-6-8-15-13-11(12)7-9-16(13)17-10-4-2-1-3-5-10;1-2/h1-9H;1-2H3. The molecule has 0 N–H and O–H groups in total. The third-order valence-electron chi connectivity index (χ3n) is 2.45. The van der Waals surface area contributed by atoms with Crippen LogP contribution in [-0.2, 0) is 0 Å². The van der Waals surface area contributed by atoms with Gasteiger partial charge in [0.05, 0.1) is 0 Å². The molecule has 0 atom stereocenters. The molecule has 3 rings (SSSR count). The minimum atomic E-state index is 0.980. The van der Waals surface area contributed by atoms with Crippen LogP contribution >= 0.6 is 27.9 Å². The van der Waals surface area contributed by atoms with Crippen LogP contribution in [0.4, 0.5) is 0 Å². The van der Waals surface area contributed by atoms with Gasteiger partial charge in [0.2, 0.25) is 0 Å². The monoisotopic (exact) mass is 334 g/mol. The summed E-state index contributed by atoms with van der Waals surface area (Å²) in [5.74, 6) is 0. The number of rotatable bonds is 2. The van der Waals surface area contributed by atoms with Crippen LogP contribution in [0.3, 0.4) is 0 Å². The SMILES string of the molecule is Brc1ccnc2c1ccn2Sc1ccccc1.CC. The summed E-state index contributed by atoms with van der Waals surface area (Å²) in [6.45, 7) is 4.00. The van der Waals surface area contributed by atoms with Crippen LogP contribution in [0.2, 0.25) is 0 Å². The topological polar surface area (TPSA) is 17.8 Å². The lowest BCUT2D eigenvalue weighted by Crippen LogP contribution is -1.86. The van der Waals surface area contributed by atoms with Crippen LogP contribution < -0.4 is 0 Å². The highest BCUT2D eigenvalue weighted by molar-refractivity contribution is 9.10. The summed E-state index contributed by atoms with van der Waals surface area (Å²) in [4.78, 5) is 5.61. The van der Waals surface area contributed by atoms with Crippen LogP contribution in [0, 0.1) is 0 Å². The summed E-state index contributed by atoms with van der Waals surface area (Å²) in [6, 6.07) is 14.3.